The van der Waals surface area contributed by atoms with Crippen LogP contribution in [0.25, 0.3) is 0 Å². The van der Waals surface area contributed by atoms with Gasteiger partial charge in [0.2, 0.25) is 6.79 Å². The number of ketones is 1. The predicted molar refractivity (Wildman–Crippen MR) is 95.4 cm³/mol. The van der Waals surface area contributed by atoms with E-state index in [1.54, 1.807) is 0 Å². The van der Waals surface area contributed by atoms with Gasteiger partial charge in [0.15, 0.2) is 17.3 Å². The Balaban J connectivity index is 1.73. The number of benzene rings is 2. The second kappa shape index (κ2) is 5.53. The average molecular weight is 354 g/mol. The zero-order valence-electron chi connectivity index (χ0n) is 13.5. The number of allylic oxidation sites excluding steroid dienone is 2. The topological polar surface area (TPSA) is 47.6 Å². The molecule has 2 heterocycles. The maximum atomic E-state index is 12.7. The normalized spacial score (nSPS) is 20.8. The quantitative estimate of drug-likeness (QED) is 0.811. The summed E-state index contributed by atoms with van der Waals surface area (Å²) < 4.78 is 11.1. The Kier molecular flexibility index (Phi) is 3.28. The summed E-state index contributed by atoms with van der Waals surface area (Å²) in [7, 11) is 0. The second-order valence-electron chi connectivity index (χ2n) is 6.57. The molecule has 0 fully saturated rings. The van der Waals surface area contributed by atoms with Crippen molar-refractivity contribution in [1.29, 1.82) is 0 Å². The first-order valence-corrected chi connectivity index (χ1v) is 8.81. The van der Waals surface area contributed by atoms with Crippen molar-refractivity contribution in [2.45, 2.75) is 25.2 Å². The van der Waals surface area contributed by atoms with Gasteiger partial charge in [0.25, 0.3) is 0 Å². The van der Waals surface area contributed by atoms with Crippen LogP contribution in [-0.2, 0) is 4.79 Å². The Morgan fingerprint density at radius 3 is 2.60 bits per heavy atom. The van der Waals surface area contributed by atoms with Crippen LogP contribution in [0.2, 0.25) is 5.02 Å². The zero-order chi connectivity index (χ0) is 17.0. The van der Waals surface area contributed by atoms with Crippen LogP contribution in [0.15, 0.2) is 47.7 Å². The molecule has 2 aromatic rings. The van der Waals surface area contributed by atoms with E-state index in [0.717, 1.165) is 52.4 Å². The van der Waals surface area contributed by atoms with Crippen LogP contribution >= 0.6 is 11.6 Å². The number of Topliss-reactive ketones (excluding diaryl/α,β-unsaturated/α-hetero) is 1. The predicted octanol–water partition coefficient (Wildman–Crippen LogP) is 4.63. The van der Waals surface area contributed by atoms with Gasteiger partial charge in [-0.05, 0) is 42.2 Å². The molecule has 5 heteroatoms. The van der Waals surface area contributed by atoms with Crippen molar-refractivity contribution in [3.8, 4) is 11.5 Å². The van der Waals surface area contributed by atoms with E-state index in [-0.39, 0.29) is 18.5 Å². The molecule has 1 aliphatic carbocycles. The third-order valence-electron chi connectivity index (χ3n) is 5.09. The molecule has 1 N–H and O–H groups in total. The summed E-state index contributed by atoms with van der Waals surface area (Å²) in [6, 6.07) is 11.7. The minimum Gasteiger partial charge on any atom is -0.454 e. The fraction of sp³-hybridized carbons (Fsp3) is 0.250. The molecule has 0 aromatic heterocycles. The number of carbonyl (C=O) groups is 1. The standard InChI is InChI=1S/C20H16ClNO3/c21-12-6-4-11(5-7-12)19-13-8-17-18(25-10-24-17)9-15(13)22-14-2-1-3-16(23)20(14)19/h4-9,19,22H,1-3,10H2/t19-/m1/s1. The molecule has 25 heavy (non-hydrogen) atoms. The van der Waals surface area contributed by atoms with Crippen molar-refractivity contribution in [1.82, 2.24) is 0 Å². The molecule has 0 bridgehead atoms. The van der Waals surface area contributed by atoms with Gasteiger partial charge >= 0.3 is 0 Å². The van der Waals surface area contributed by atoms with E-state index in [1.807, 2.05) is 36.4 Å². The van der Waals surface area contributed by atoms with Crippen molar-refractivity contribution in [2.75, 3.05) is 12.1 Å². The van der Waals surface area contributed by atoms with Gasteiger partial charge in [-0.3, -0.25) is 4.79 Å². The van der Waals surface area contributed by atoms with Gasteiger partial charge in [-0.25, -0.2) is 0 Å². The molecule has 2 aromatic carbocycles. The number of hydrogen-bond acceptors (Lipinski definition) is 4. The Hall–Kier alpha value is -2.46. The van der Waals surface area contributed by atoms with Gasteiger partial charge in [0.05, 0.1) is 0 Å². The second-order valence-corrected chi connectivity index (χ2v) is 7.01. The molecular formula is C20H16ClNO3. The summed E-state index contributed by atoms with van der Waals surface area (Å²) in [6.07, 6.45) is 2.38. The zero-order valence-corrected chi connectivity index (χ0v) is 14.2. The SMILES string of the molecule is O=C1CCCC2=C1[C@H](c1ccc(Cl)cc1)c1cc3c(cc1N2)OCO3. The summed E-state index contributed by atoms with van der Waals surface area (Å²) in [6.45, 7) is 0.232. The molecule has 5 rings (SSSR count). The van der Waals surface area contributed by atoms with Gasteiger partial charge in [0.1, 0.15) is 0 Å². The summed E-state index contributed by atoms with van der Waals surface area (Å²) in [5.41, 5.74) is 4.99. The highest BCUT2D eigenvalue weighted by molar-refractivity contribution is 6.30. The van der Waals surface area contributed by atoms with Gasteiger partial charge in [-0.1, -0.05) is 23.7 Å². The monoisotopic (exact) mass is 353 g/mol. The molecule has 0 amide bonds. The molecule has 4 nitrogen and oxygen atoms in total. The highest BCUT2D eigenvalue weighted by Gasteiger charge is 2.36. The number of rotatable bonds is 1. The van der Waals surface area contributed by atoms with Gasteiger partial charge in [-0.15, -0.1) is 0 Å². The molecule has 0 saturated heterocycles. The number of halogens is 1. The lowest BCUT2D eigenvalue weighted by molar-refractivity contribution is -0.116. The molecular weight excluding hydrogens is 338 g/mol. The van der Waals surface area contributed by atoms with Crippen molar-refractivity contribution >= 4 is 23.1 Å². The number of carbonyl (C=O) groups excluding carboxylic acids is 1. The van der Waals surface area contributed by atoms with E-state index >= 15 is 0 Å². The van der Waals surface area contributed by atoms with Gasteiger partial charge in [-0.2, -0.15) is 0 Å². The van der Waals surface area contributed by atoms with Crippen molar-refractivity contribution in [3.05, 3.63) is 63.8 Å². The first kappa shape index (κ1) is 14.8. The van der Waals surface area contributed by atoms with Crippen LogP contribution in [0.5, 0.6) is 11.5 Å². The number of nitrogens with one attached hydrogen (secondary N) is 1. The lowest BCUT2D eigenvalue weighted by Gasteiger charge is -2.34. The molecule has 2 aliphatic heterocycles. The number of hydrogen-bond donors (Lipinski definition) is 1. The first-order valence-electron chi connectivity index (χ1n) is 8.43. The van der Waals surface area contributed by atoms with E-state index in [9.17, 15) is 4.79 Å². The van der Waals surface area contributed by atoms with E-state index < -0.39 is 0 Å². The minimum absolute atomic E-state index is 0.106. The summed E-state index contributed by atoms with van der Waals surface area (Å²) in [5.74, 6) is 1.59. The Morgan fingerprint density at radius 1 is 1.04 bits per heavy atom. The van der Waals surface area contributed by atoms with Crippen LogP contribution in [0.1, 0.15) is 36.3 Å². The highest BCUT2D eigenvalue weighted by atomic mass is 35.5. The van der Waals surface area contributed by atoms with Crippen molar-refractivity contribution in [2.24, 2.45) is 0 Å². The molecule has 0 unspecified atom stereocenters. The van der Waals surface area contributed by atoms with Crippen LogP contribution in [0.4, 0.5) is 5.69 Å². The first-order chi connectivity index (χ1) is 12.2. The third-order valence-corrected chi connectivity index (χ3v) is 5.34. The van der Waals surface area contributed by atoms with Crippen LogP contribution < -0.4 is 14.8 Å². The van der Waals surface area contributed by atoms with Crippen LogP contribution in [0, 0.1) is 0 Å². The molecule has 0 spiro atoms. The van der Waals surface area contributed by atoms with E-state index in [4.69, 9.17) is 21.1 Å². The molecule has 0 radical (unpaired) electrons. The fourth-order valence-corrected chi connectivity index (χ4v) is 4.08. The largest absolute Gasteiger partial charge is 0.454 e. The molecule has 0 saturated carbocycles. The van der Waals surface area contributed by atoms with E-state index in [1.165, 1.54) is 0 Å². The molecule has 3 aliphatic rings. The molecule has 1 atom stereocenters. The Morgan fingerprint density at radius 2 is 1.80 bits per heavy atom. The van der Waals surface area contributed by atoms with Gasteiger partial charge < -0.3 is 14.8 Å². The average Bonchev–Trinajstić information content (AvgIpc) is 3.06. The third kappa shape index (κ3) is 2.32. The van der Waals surface area contributed by atoms with E-state index in [2.05, 4.69) is 5.32 Å². The lowest BCUT2D eigenvalue weighted by Crippen LogP contribution is -2.26. The van der Waals surface area contributed by atoms with Crippen LogP contribution in [-0.4, -0.2) is 12.6 Å². The summed E-state index contributed by atoms with van der Waals surface area (Å²) in [5, 5.41) is 4.16. The van der Waals surface area contributed by atoms with Crippen molar-refractivity contribution < 1.29 is 14.3 Å². The lowest BCUT2D eigenvalue weighted by atomic mass is 9.75. The maximum absolute atomic E-state index is 12.7. The number of anilines is 1. The Labute approximate surface area is 150 Å². The van der Waals surface area contributed by atoms with Gasteiger partial charge in [0, 0.05) is 40.4 Å². The maximum Gasteiger partial charge on any atom is 0.231 e. The fourth-order valence-electron chi connectivity index (χ4n) is 3.95. The number of fused-ring (bicyclic) bond motifs is 2. The summed E-state index contributed by atoms with van der Waals surface area (Å²) in [4.78, 5) is 12.7. The highest BCUT2D eigenvalue weighted by Crippen LogP contribution is 2.49. The summed E-state index contributed by atoms with van der Waals surface area (Å²) >= 11 is 6.07. The minimum atomic E-state index is -0.106. The van der Waals surface area contributed by atoms with E-state index in [0.29, 0.717) is 11.4 Å². The number of ether oxygens (including phenoxy) is 2. The van der Waals surface area contributed by atoms with Crippen LogP contribution in [0.3, 0.4) is 0 Å². The smallest absolute Gasteiger partial charge is 0.231 e. The Bertz CT molecular complexity index is 917. The molecule has 126 valence electrons. The van der Waals surface area contributed by atoms with Crippen molar-refractivity contribution in [3.63, 3.8) is 0 Å².